The van der Waals surface area contributed by atoms with Gasteiger partial charge < -0.3 is 10.5 Å². The summed E-state index contributed by atoms with van der Waals surface area (Å²) in [6.45, 7) is 4.43. The zero-order chi connectivity index (χ0) is 15.2. The second-order valence-corrected chi connectivity index (χ2v) is 5.37. The number of methoxy groups -OCH3 is 1. The van der Waals surface area contributed by atoms with Crippen LogP contribution in [0.3, 0.4) is 0 Å². The molecule has 0 bridgehead atoms. The number of hydrogen-bond donors (Lipinski definition) is 2. The lowest BCUT2D eigenvalue weighted by Crippen LogP contribution is -2.02. The number of nitrogens with two attached hydrogens (primary N) is 1. The number of aromatic nitrogens is 2. The second-order valence-electron chi connectivity index (χ2n) is 5.37. The first kappa shape index (κ1) is 15.4. The van der Waals surface area contributed by atoms with Crippen molar-refractivity contribution >= 4 is 5.82 Å². The van der Waals surface area contributed by atoms with Crippen molar-refractivity contribution in [2.45, 2.75) is 45.4 Å². The number of ether oxygens (including phenoxy) is 1. The van der Waals surface area contributed by atoms with Crippen molar-refractivity contribution < 1.29 is 4.74 Å². The predicted octanol–water partition coefficient (Wildman–Crippen LogP) is 4.35. The SMILES string of the molecule is CCCC(CCC)c1[nH]nc(N)c1-c1ccccc1OC. The molecule has 1 aromatic carbocycles. The van der Waals surface area contributed by atoms with E-state index in [1.54, 1.807) is 7.11 Å². The normalized spacial score (nSPS) is 11.0. The number of rotatable bonds is 7. The molecule has 4 heteroatoms. The van der Waals surface area contributed by atoms with Gasteiger partial charge in [0.2, 0.25) is 0 Å². The van der Waals surface area contributed by atoms with Crippen LogP contribution in [0.25, 0.3) is 11.1 Å². The van der Waals surface area contributed by atoms with Crippen LogP contribution in [0.15, 0.2) is 24.3 Å². The van der Waals surface area contributed by atoms with Gasteiger partial charge in [0.25, 0.3) is 0 Å². The van der Waals surface area contributed by atoms with Crippen LogP contribution in [0, 0.1) is 0 Å². The summed E-state index contributed by atoms with van der Waals surface area (Å²) in [7, 11) is 1.68. The van der Waals surface area contributed by atoms with E-state index < -0.39 is 0 Å². The molecule has 0 aliphatic carbocycles. The van der Waals surface area contributed by atoms with Gasteiger partial charge in [-0.2, -0.15) is 5.10 Å². The molecule has 0 atom stereocenters. The van der Waals surface area contributed by atoms with Gasteiger partial charge in [-0.05, 0) is 18.9 Å². The molecule has 0 saturated heterocycles. The zero-order valence-corrected chi connectivity index (χ0v) is 13.1. The molecule has 4 nitrogen and oxygen atoms in total. The average Bonchev–Trinajstić information content (AvgIpc) is 2.88. The fourth-order valence-electron chi connectivity index (χ4n) is 2.93. The minimum absolute atomic E-state index is 0.463. The van der Waals surface area contributed by atoms with Gasteiger partial charge >= 0.3 is 0 Å². The zero-order valence-electron chi connectivity index (χ0n) is 13.1. The Hall–Kier alpha value is -1.97. The number of anilines is 1. The number of hydrogen-bond acceptors (Lipinski definition) is 3. The van der Waals surface area contributed by atoms with Crippen LogP contribution in [0.1, 0.15) is 51.1 Å². The molecular weight excluding hydrogens is 262 g/mol. The molecule has 21 heavy (non-hydrogen) atoms. The Morgan fingerprint density at radius 3 is 2.48 bits per heavy atom. The van der Waals surface area contributed by atoms with Crippen molar-refractivity contribution in [2.24, 2.45) is 0 Å². The molecule has 3 N–H and O–H groups in total. The van der Waals surface area contributed by atoms with Gasteiger partial charge in [0.05, 0.1) is 12.7 Å². The van der Waals surface area contributed by atoms with Crippen LogP contribution in [0.2, 0.25) is 0 Å². The summed E-state index contributed by atoms with van der Waals surface area (Å²) in [5, 5.41) is 7.41. The molecule has 0 amide bonds. The molecule has 2 rings (SSSR count). The monoisotopic (exact) mass is 287 g/mol. The summed E-state index contributed by atoms with van der Waals surface area (Å²) in [6, 6.07) is 7.97. The summed E-state index contributed by atoms with van der Waals surface area (Å²) < 4.78 is 5.48. The van der Waals surface area contributed by atoms with Crippen molar-refractivity contribution in [2.75, 3.05) is 12.8 Å². The highest BCUT2D eigenvalue weighted by atomic mass is 16.5. The van der Waals surface area contributed by atoms with Crippen molar-refractivity contribution in [3.05, 3.63) is 30.0 Å². The lowest BCUT2D eigenvalue weighted by Gasteiger charge is -2.17. The third-order valence-corrected chi connectivity index (χ3v) is 3.88. The summed E-state index contributed by atoms with van der Waals surface area (Å²) in [6.07, 6.45) is 4.57. The Balaban J connectivity index is 2.51. The molecule has 1 aromatic heterocycles. The van der Waals surface area contributed by atoms with E-state index in [0.717, 1.165) is 48.3 Å². The first-order valence-electron chi connectivity index (χ1n) is 7.69. The molecule has 0 radical (unpaired) electrons. The standard InChI is InChI=1S/C17H25N3O/c1-4-8-12(9-5-2)16-15(17(18)20-19-16)13-10-6-7-11-14(13)21-3/h6-7,10-12H,4-5,8-9H2,1-3H3,(H3,18,19,20). The van der Waals surface area contributed by atoms with E-state index in [1.807, 2.05) is 24.3 Å². The average molecular weight is 287 g/mol. The molecule has 1 heterocycles. The van der Waals surface area contributed by atoms with Gasteiger partial charge in [-0.15, -0.1) is 0 Å². The first-order chi connectivity index (χ1) is 10.2. The summed E-state index contributed by atoms with van der Waals surface area (Å²) in [5.74, 6) is 1.84. The molecule has 0 aliphatic rings. The largest absolute Gasteiger partial charge is 0.496 e. The van der Waals surface area contributed by atoms with Gasteiger partial charge in [0.15, 0.2) is 5.82 Å². The summed E-state index contributed by atoms with van der Waals surface area (Å²) >= 11 is 0. The number of nitrogens with zero attached hydrogens (tertiary/aromatic N) is 1. The molecule has 0 saturated carbocycles. The number of H-pyrrole nitrogens is 1. The Labute approximate surface area is 126 Å². The van der Waals surface area contributed by atoms with E-state index >= 15 is 0 Å². The number of aromatic amines is 1. The van der Waals surface area contributed by atoms with E-state index in [9.17, 15) is 0 Å². The van der Waals surface area contributed by atoms with Crippen LogP contribution in [-0.2, 0) is 0 Å². The van der Waals surface area contributed by atoms with Crippen molar-refractivity contribution in [1.29, 1.82) is 0 Å². The maximum absolute atomic E-state index is 6.13. The Kier molecular flexibility index (Phi) is 5.26. The molecular formula is C17H25N3O. The highest BCUT2D eigenvalue weighted by Gasteiger charge is 2.22. The maximum Gasteiger partial charge on any atom is 0.153 e. The summed E-state index contributed by atoms with van der Waals surface area (Å²) in [4.78, 5) is 0. The number of nitrogens with one attached hydrogen (secondary N) is 1. The van der Waals surface area contributed by atoms with E-state index in [0.29, 0.717) is 11.7 Å². The molecule has 2 aromatic rings. The first-order valence-corrected chi connectivity index (χ1v) is 7.69. The van der Waals surface area contributed by atoms with Crippen molar-refractivity contribution in [3.63, 3.8) is 0 Å². The third-order valence-electron chi connectivity index (χ3n) is 3.88. The van der Waals surface area contributed by atoms with Crippen LogP contribution in [-0.4, -0.2) is 17.3 Å². The van der Waals surface area contributed by atoms with E-state index in [4.69, 9.17) is 10.5 Å². The van der Waals surface area contributed by atoms with Crippen molar-refractivity contribution in [1.82, 2.24) is 10.2 Å². The topological polar surface area (TPSA) is 63.9 Å². The van der Waals surface area contributed by atoms with Crippen LogP contribution >= 0.6 is 0 Å². The smallest absolute Gasteiger partial charge is 0.153 e. The third kappa shape index (κ3) is 3.20. The quantitative estimate of drug-likeness (QED) is 0.795. The Bertz CT molecular complexity index is 571. The highest BCUT2D eigenvalue weighted by Crippen LogP contribution is 2.40. The van der Waals surface area contributed by atoms with Gasteiger partial charge in [-0.1, -0.05) is 44.9 Å². The number of benzene rings is 1. The van der Waals surface area contributed by atoms with Crippen LogP contribution in [0.5, 0.6) is 5.75 Å². The Morgan fingerprint density at radius 1 is 1.19 bits per heavy atom. The molecule has 0 fully saturated rings. The van der Waals surface area contributed by atoms with Crippen LogP contribution in [0.4, 0.5) is 5.82 Å². The minimum atomic E-state index is 0.463. The fourth-order valence-corrected chi connectivity index (χ4v) is 2.93. The van der Waals surface area contributed by atoms with Gasteiger partial charge in [0, 0.05) is 17.2 Å². The fraction of sp³-hybridized carbons (Fsp3) is 0.471. The Morgan fingerprint density at radius 2 is 1.86 bits per heavy atom. The number of nitrogen functional groups attached to an aromatic ring is 1. The molecule has 0 unspecified atom stereocenters. The number of para-hydroxylation sites is 1. The van der Waals surface area contributed by atoms with Crippen LogP contribution < -0.4 is 10.5 Å². The summed E-state index contributed by atoms with van der Waals surface area (Å²) in [5.41, 5.74) is 9.28. The van der Waals surface area contributed by atoms with E-state index in [1.165, 1.54) is 0 Å². The minimum Gasteiger partial charge on any atom is -0.496 e. The van der Waals surface area contributed by atoms with E-state index in [-0.39, 0.29) is 0 Å². The lowest BCUT2D eigenvalue weighted by molar-refractivity contribution is 0.416. The molecule has 0 aliphatic heterocycles. The maximum atomic E-state index is 6.13. The highest BCUT2D eigenvalue weighted by molar-refractivity contribution is 5.81. The van der Waals surface area contributed by atoms with E-state index in [2.05, 4.69) is 24.0 Å². The van der Waals surface area contributed by atoms with Gasteiger partial charge in [-0.3, -0.25) is 5.10 Å². The lowest BCUT2D eigenvalue weighted by atomic mass is 9.90. The van der Waals surface area contributed by atoms with Gasteiger partial charge in [-0.25, -0.2) is 0 Å². The second kappa shape index (κ2) is 7.16. The molecule has 0 spiro atoms. The predicted molar refractivity (Wildman–Crippen MR) is 87.5 cm³/mol. The van der Waals surface area contributed by atoms with Gasteiger partial charge in [0.1, 0.15) is 5.75 Å². The molecule has 114 valence electrons. The van der Waals surface area contributed by atoms with Crippen molar-refractivity contribution in [3.8, 4) is 16.9 Å².